The molecule has 6 heteroatoms. The van der Waals surface area contributed by atoms with Crippen LogP contribution in [0.15, 0.2) is 18.2 Å². The highest BCUT2D eigenvalue weighted by Crippen LogP contribution is 2.22. The van der Waals surface area contributed by atoms with Gasteiger partial charge in [-0.15, -0.1) is 0 Å². The van der Waals surface area contributed by atoms with Crippen LogP contribution in [-0.4, -0.2) is 20.7 Å². The van der Waals surface area contributed by atoms with Crippen molar-refractivity contribution in [2.75, 3.05) is 16.3 Å². The van der Waals surface area contributed by atoms with Crippen LogP contribution < -0.4 is 10.0 Å². The van der Waals surface area contributed by atoms with Crippen LogP contribution in [0.2, 0.25) is 0 Å². The zero-order chi connectivity index (χ0) is 14.6. The highest BCUT2D eigenvalue weighted by atomic mass is 32.2. The Labute approximate surface area is 114 Å². The Balaban J connectivity index is 2.96. The molecule has 0 amide bonds. The molecule has 0 heterocycles. The minimum Gasteiger partial charge on any atom is -0.382 e. The maximum Gasteiger partial charge on any atom is 0.229 e. The van der Waals surface area contributed by atoms with Gasteiger partial charge in [0.15, 0.2) is 0 Å². The van der Waals surface area contributed by atoms with Crippen molar-refractivity contribution in [3.8, 4) is 0 Å². The molecular formula is C13H21FN2O2S. The SMILES string of the molecule is CCC(Nc1ccc(F)c(NS(C)(=O)=O)c1)C(C)C. The molecule has 1 unspecified atom stereocenters. The van der Waals surface area contributed by atoms with Crippen molar-refractivity contribution in [2.24, 2.45) is 5.92 Å². The van der Waals surface area contributed by atoms with Crippen LogP contribution in [0.5, 0.6) is 0 Å². The predicted octanol–water partition coefficient (Wildman–Crippen LogP) is 3.04. The van der Waals surface area contributed by atoms with Gasteiger partial charge in [0.05, 0.1) is 11.9 Å². The maximum atomic E-state index is 13.5. The minimum absolute atomic E-state index is 0.0360. The van der Waals surface area contributed by atoms with Crippen LogP contribution in [0, 0.1) is 11.7 Å². The summed E-state index contributed by atoms with van der Waals surface area (Å²) in [7, 11) is -3.48. The van der Waals surface area contributed by atoms with Crippen molar-refractivity contribution < 1.29 is 12.8 Å². The van der Waals surface area contributed by atoms with Crippen molar-refractivity contribution in [3.63, 3.8) is 0 Å². The summed E-state index contributed by atoms with van der Waals surface area (Å²) in [5.41, 5.74) is 0.666. The number of benzene rings is 1. The van der Waals surface area contributed by atoms with Crippen LogP contribution in [0.3, 0.4) is 0 Å². The Kier molecular flexibility index (Phi) is 5.17. The fraction of sp³-hybridized carbons (Fsp3) is 0.538. The molecule has 4 nitrogen and oxygen atoms in total. The highest BCUT2D eigenvalue weighted by Gasteiger charge is 2.13. The molecule has 0 saturated heterocycles. The Bertz CT molecular complexity index is 529. The van der Waals surface area contributed by atoms with E-state index in [1.807, 2.05) is 0 Å². The van der Waals surface area contributed by atoms with Gasteiger partial charge in [0, 0.05) is 11.7 Å². The number of anilines is 2. The van der Waals surface area contributed by atoms with Gasteiger partial charge < -0.3 is 5.32 Å². The molecule has 0 aliphatic heterocycles. The third-order valence-corrected chi connectivity index (χ3v) is 3.45. The molecule has 0 saturated carbocycles. The van der Waals surface area contributed by atoms with Gasteiger partial charge in [0.1, 0.15) is 5.82 Å². The second-order valence-electron chi connectivity index (χ2n) is 4.97. The Hall–Kier alpha value is -1.30. The number of nitrogens with one attached hydrogen (secondary N) is 2. The molecule has 0 aliphatic rings. The second kappa shape index (κ2) is 6.23. The fourth-order valence-electron chi connectivity index (χ4n) is 1.85. The molecule has 2 N–H and O–H groups in total. The van der Waals surface area contributed by atoms with Gasteiger partial charge in [-0.1, -0.05) is 20.8 Å². The van der Waals surface area contributed by atoms with Crippen molar-refractivity contribution in [1.82, 2.24) is 0 Å². The lowest BCUT2D eigenvalue weighted by atomic mass is 10.0. The summed E-state index contributed by atoms with van der Waals surface area (Å²) >= 11 is 0. The van der Waals surface area contributed by atoms with Gasteiger partial charge in [-0.3, -0.25) is 4.72 Å². The summed E-state index contributed by atoms with van der Waals surface area (Å²) in [5.74, 6) is -0.157. The number of hydrogen-bond donors (Lipinski definition) is 2. The second-order valence-corrected chi connectivity index (χ2v) is 6.72. The van der Waals surface area contributed by atoms with Gasteiger partial charge in [0.2, 0.25) is 10.0 Å². The van der Waals surface area contributed by atoms with E-state index in [2.05, 4.69) is 30.8 Å². The number of hydrogen-bond acceptors (Lipinski definition) is 3. The first-order valence-corrected chi connectivity index (χ1v) is 8.16. The van der Waals surface area contributed by atoms with Crippen LogP contribution in [0.4, 0.5) is 15.8 Å². The first kappa shape index (κ1) is 15.8. The van der Waals surface area contributed by atoms with E-state index in [4.69, 9.17) is 0 Å². The number of halogens is 1. The first-order valence-electron chi connectivity index (χ1n) is 6.26. The van der Waals surface area contributed by atoms with Gasteiger partial charge in [0.25, 0.3) is 0 Å². The first-order chi connectivity index (χ1) is 8.73. The smallest absolute Gasteiger partial charge is 0.229 e. The standard InChI is InChI=1S/C13H21FN2O2S/c1-5-12(9(2)3)15-10-6-7-11(14)13(8-10)16-19(4,17)18/h6-9,12,15-16H,5H2,1-4H3. The molecule has 1 aromatic rings. The molecule has 1 atom stereocenters. The molecule has 19 heavy (non-hydrogen) atoms. The maximum absolute atomic E-state index is 13.5. The van der Waals surface area contributed by atoms with E-state index in [0.29, 0.717) is 11.6 Å². The van der Waals surface area contributed by atoms with Crippen molar-refractivity contribution >= 4 is 21.4 Å². The van der Waals surface area contributed by atoms with Crippen LogP contribution in [-0.2, 0) is 10.0 Å². The largest absolute Gasteiger partial charge is 0.382 e. The number of sulfonamides is 1. The predicted molar refractivity (Wildman–Crippen MR) is 77.4 cm³/mol. The zero-order valence-corrected chi connectivity index (χ0v) is 12.5. The van der Waals surface area contributed by atoms with Crippen molar-refractivity contribution in [1.29, 1.82) is 0 Å². The summed E-state index contributed by atoms with van der Waals surface area (Å²) in [6, 6.07) is 4.59. The molecule has 0 fully saturated rings. The van der Waals surface area contributed by atoms with E-state index in [0.717, 1.165) is 12.7 Å². The topological polar surface area (TPSA) is 58.2 Å². The summed E-state index contributed by atoms with van der Waals surface area (Å²) < 4.78 is 38.0. The molecule has 0 bridgehead atoms. The monoisotopic (exact) mass is 288 g/mol. The van der Waals surface area contributed by atoms with Crippen molar-refractivity contribution in [3.05, 3.63) is 24.0 Å². The quantitative estimate of drug-likeness (QED) is 0.846. The summed E-state index contributed by atoms with van der Waals surface area (Å²) in [6.45, 7) is 6.26. The van der Waals surface area contributed by atoms with Gasteiger partial charge >= 0.3 is 0 Å². The fourth-order valence-corrected chi connectivity index (χ4v) is 2.40. The van der Waals surface area contributed by atoms with E-state index in [1.54, 1.807) is 6.07 Å². The van der Waals surface area contributed by atoms with Crippen LogP contribution >= 0.6 is 0 Å². The Morgan fingerprint density at radius 3 is 2.42 bits per heavy atom. The average Bonchev–Trinajstić information content (AvgIpc) is 2.27. The van der Waals surface area contributed by atoms with E-state index in [9.17, 15) is 12.8 Å². The Morgan fingerprint density at radius 1 is 1.32 bits per heavy atom. The molecule has 0 spiro atoms. The summed E-state index contributed by atoms with van der Waals surface area (Å²) in [4.78, 5) is 0. The zero-order valence-electron chi connectivity index (χ0n) is 11.7. The lowest BCUT2D eigenvalue weighted by molar-refractivity contribution is 0.511. The Morgan fingerprint density at radius 2 is 1.95 bits per heavy atom. The van der Waals surface area contributed by atoms with Crippen molar-refractivity contribution in [2.45, 2.75) is 33.2 Å². The highest BCUT2D eigenvalue weighted by molar-refractivity contribution is 7.92. The van der Waals surface area contributed by atoms with Crippen LogP contribution in [0.25, 0.3) is 0 Å². The summed E-state index contributed by atoms with van der Waals surface area (Å²) in [6.07, 6.45) is 1.93. The summed E-state index contributed by atoms with van der Waals surface area (Å²) in [5, 5.41) is 3.28. The molecule has 0 radical (unpaired) electrons. The average molecular weight is 288 g/mol. The van der Waals surface area contributed by atoms with E-state index >= 15 is 0 Å². The molecule has 1 aromatic carbocycles. The normalized spacial score (nSPS) is 13.4. The van der Waals surface area contributed by atoms with Gasteiger partial charge in [-0.25, -0.2) is 12.8 Å². The van der Waals surface area contributed by atoms with Crippen LogP contribution in [0.1, 0.15) is 27.2 Å². The number of rotatable bonds is 6. The van der Waals surface area contributed by atoms with Gasteiger partial charge in [-0.05, 0) is 30.5 Å². The van der Waals surface area contributed by atoms with E-state index in [-0.39, 0.29) is 11.7 Å². The van der Waals surface area contributed by atoms with E-state index in [1.165, 1.54) is 12.1 Å². The lowest BCUT2D eigenvalue weighted by Gasteiger charge is -2.22. The molecule has 1 rings (SSSR count). The minimum atomic E-state index is -3.48. The lowest BCUT2D eigenvalue weighted by Crippen LogP contribution is -2.24. The molecule has 108 valence electrons. The van der Waals surface area contributed by atoms with E-state index < -0.39 is 15.8 Å². The molecule has 0 aromatic heterocycles. The molecular weight excluding hydrogens is 267 g/mol. The van der Waals surface area contributed by atoms with Gasteiger partial charge in [-0.2, -0.15) is 0 Å². The third kappa shape index (κ3) is 5.06. The molecule has 0 aliphatic carbocycles. The third-order valence-electron chi connectivity index (χ3n) is 2.86.